The fourth-order valence-corrected chi connectivity index (χ4v) is 2.53. The van der Waals surface area contributed by atoms with Crippen LogP contribution < -0.4 is 0 Å². The predicted octanol–water partition coefficient (Wildman–Crippen LogP) is 2.48. The Bertz CT molecular complexity index is 152. The molecule has 0 spiro atoms. The highest BCUT2D eigenvalue weighted by molar-refractivity contribution is 6.08. The lowest BCUT2D eigenvalue weighted by Gasteiger charge is -2.28. The minimum absolute atomic E-state index is 0.803. The molecule has 0 aromatic heterocycles. The molecular formula is C13H30O3Si. The fourth-order valence-electron chi connectivity index (χ4n) is 2.03. The molecule has 0 aromatic rings. The zero-order chi connectivity index (χ0) is 13.0. The molecule has 0 N–H and O–H groups in total. The van der Waals surface area contributed by atoms with Crippen LogP contribution in [0.4, 0.5) is 0 Å². The molecule has 17 heavy (non-hydrogen) atoms. The summed E-state index contributed by atoms with van der Waals surface area (Å²) in [6.07, 6.45) is 10.1. The van der Waals surface area contributed by atoms with Crippen molar-refractivity contribution in [2.24, 2.45) is 0 Å². The van der Waals surface area contributed by atoms with Gasteiger partial charge in [-0.15, -0.1) is 0 Å². The molecule has 104 valence electrons. The molecule has 3 nitrogen and oxygen atoms in total. The normalized spacial score (nSPS) is 12.2. The molecule has 4 heteroatoms. The summed E-state index contributed by atoms with van der Waals surface area (Å²) in [7, 11) is 6.24. The van der Waals surface area contributed by atoms with Gasteiger partial charge in [-0.3, -0.25) is 0 Å². The summed E-state index contributed by atoms with van der Waals surface area (Å²) < 4.78 is 15.8. The van der Waals surface area contributed by atoms with Crippen molar-refractivity contribution in [1.82, 2.24) is 0 Å². The average Bonchev–Trinajstić information content (AvgIpc) is 2.38. The van der Waals surface area contributed by atoms with Gasteiger partial charge in [-0.05, 0) is 6.42 Å². The van der Waals surface area contributed by atoms with E-state index in [2.05, 4.69) is 0 Å². The maximum absolute atomic E-state index is 5.26. The van der Waals surface area contributed by atoms with Crippen molar-refractivity contribution in [3.05, 3.63) is 0 Å². The van der Waals surface area contributed by atoms with Crippen molar-refractivity contribution in [2.75, 3.05) is 21.3 Å². The van der Waals surface area contributed by atoms with Crippen molar-refractivity contribution < 1.29 is 14.2 Å². The molecular weight excluding hydrogens is 232 g/mol. The summed E-state index contributed by atoms with van der Waals surface area (Å²) in [4.78, 5) is 0. The second-order valence-corrected chi connectivity index (χ2v) is 5.52. The van der Waals surface area contributed by atoms with E-state index in [-0.39, 0.29) is 0 Å². The van der Waals surface area contributed by atoms with Crippen LogP contribution in [0.1, 0.15) is 51.4 Å². The molecule has 0 rings (SSSR count). The Morgan fingerprint density at radius 2 is 1.12 bits per heavy atom. The van der Waals surface area contributed by atoms with Crippen LogP contribution in [-0.4, -0.2) is 37.5 Å². The van der Waals surface area contributed by atoms with Gasteiger partial charge in [0.2, 0.25) is 0 Å². The molecule has 0 saturated heterocycles. The Labute approximate surface area is 110 Å². The van der Waals surface area contributed by atoms with Gasteiger partial charge in [0.25, 0.3) is 5.97 Å². The zero-order valence-electron chi connectivity index (χ0n) is 12.1. The standard InChI is InChI=1S/C13H30O3Si/c1-14-13(15-2,16-3)11-9-7-5-4-6-8-10-12-17/h4-12H2,1-3,17H3. The third-order valence-electron chi connectivity index (χ3n) is 3.27. The van der Waals surface area contributed by atoms with E-state index in [4.69, 9.17) is 14.2 Å². The lowest BCUT2D eigenvalue weighted by atomic mass is 10.1. The first-order valence-corrected chi connectivity index (χ1v) is 8.31. The molecule has 0 fully saturated rings. The SMILES string of the molecule is COC(CCCCCCCCC[SiH3])(OC)OC. The van der Waals surface area contributed by atoms with Crippen molar-refractivity contribution in [3.63, 3.8) is 0 Å². The number of hydrogen-bond donors (Lipinski definition) is 0. The third-order valence-corrected chi connectivity index (χ3v) is 3.98. The highest BCUT2D eigenvalue weighted by atomic mass is 28.1. The molecule has 0 aliphatic carbocycles. The molecule has 0 amide bonds. The smallest absolute Gasteiger partial charge is 0.282 e. The maximum atomic E-state index is 5.26. The lowest BCUT2D eigenvalue weighted by Crippen LogP contribution is -2.35. The van der Waals surface area contributed by atoms with Gasteiger partial charge >= 0.3 is 0 Å². The molecule has 0 radical (unpaired) electrons. The predicted molar refractivity (Wildman–Crippen MR) is 75.4 cm³/mol. The van der Waals surface area contributed by atoms with Crippen molar-refractivity contribution in [1.29, 1.82) is 0 Å². The van der Waals surface area contributed by atoms with Gasteiger partial charge < -0.3 is 14.2 Å². The van der Waals surface area contributed by atoms with Crippen LogP contribution in [0.5, 0.6) is 0 Å². The number of unbranched alkanes of at least 4 members (excludes halogenated alkanes) is 6. The average molecular weight is 262 g/mol. The van der Waals surface area contributed by atoms with Crippen LogP contribution in [0.25, 0.3) is 0 Å². The molecule has 0 aliphatic heterocycles. The van der Waals surface area contributed by atoms with E-state index in [1.165, 1.54) is 54.8 Å². The zero-order valence-corrected chi connectivity index (χ0v) is 14.1. The summed E-state index contributed by atoms with van der Waals surface area (Å²) in [5.41, 5.74) is 0. The number of methoxy groups -OCH3 is 3. The first-order chi connectivity index (χ1) is 8.24. The monoisotopic (exact) mass is 262 g/mol. The van der Waals surface area contributed by atoms with E-state index in [9.17, 15) is 0 Å². The molecule has 0 unspecified atom stereocenters. The first-order valence-electron chi connectivity index (χ1n) is 6.90. The Kier molecular flexibility index (Phi) is 11.3. The first kappa shape index (κ1) is 17.1. The molecule has 0 saturated carbocycles. The topological polar surface area (TPSA) is 27.7 Å². The van der Waals surface area contributed by atoms with Crippen LogP contribution in [0.3, 0.4) is 0 Å². The Balaban J connectivity index is 3.43. The Morgan fingerprint density at radius 1 is 0.706 bits per heavy atom. The Hall–Kier alpha value is 0.0969. The third kappa shape index (κ3) is 7.92. The van der Waals surface area contributed by atoms with Gasteiger partial charge in [0.05, 0.1) is 0 Å². The minimum Gasteiger partial charge on any atom is -0.331 e. The maximum Gasteiger partial charge on any atom is 0.282 e. The Morgan fingerprint density at radius 3 is 1.53 bits per heavy atom. The summed E-state index contributed by atoms with van der Waals surface area (Å²) in [5.74, 6) is -0.827. The number of rotatable bonds is 12. The molecule has 0 aromatic carbocycles. The summed E-state index contributed by atoms with van der Waals surface area (Å²) in [6.45, 7) is 0. The number of hydrogen-bond acceptors (Lipinski definition) is 3. The van der Waals surface area contributed by atoms with Gasteiger partial charge in [0, 0.05) is 38.0 Å². The summed E-state index contributed by atoms with van der Waals surface area (Å²) >= 11 is 0. The van der Waals surface area contributed by atoms with E-state index < -0.39 is 5.97 Å². The fraction of sp³-hybridized carbons (Fsp3) is 1.00. The molecule has 0 aliphatic rings. The quantitative estimate of drug-likeness (QED) is 0.307. The second kappa shape index (κ2) is 11.2. The molecule has 0 atom stereocenters. The van der Waals surface area contributed by atoms with Gasteiger partial charge in [0.1, 0.15) is 0 Å². The lowest BCUT2D eigenvalue weighted by molar-refractivity contribution is -0.355. The van der Waals surface area contributed by atoms with Gasteiger partial charge in [-0.25, -0.2) is 0 Å². The van der Waals surface area contributed by atoms with Crippen molar-refractivity contribution >= 4 is 10.2 Å². The van der Waals surface area contributed by atoms with Crippen LogP contribution in [0.15, 0.2) is 0 Å². The van der Waals surface area contributed by atoms with Crippen LogP contribution in [-0.2, 0) is 14.2 Å². The van der Waals surface area contributed by atoms with E-state index in [1.807, 2.05) is 0 Å². The second-order valence-electron chi connectivity index (χ2n) is 4.52. The van der Waals surface area contributed by atoms with E-state index in [1.54, 1.807) is 21.3 Å². The van der Waals surface area contributed by atoms with Crippen LogP contribution >= 0.6 is 0 Å². The molecule has 0 heterocycles. The number of ether oxygens (including phenoxy) is 3. The van der Waals surface area contributed by atoms with Gasteiger partial charge in [-0.1, -0.05) is 44.6 Å². The highest BCUT2D eigenvalue weighted by Crippen LogP contribution is 2.21. The van der Waals surface area contributed by atoms with Gasteiger partial charge in [-0.2, -0.15) is 0 Å². The van der Waals surface area contributed by atoms with E-state index in [0.717, 1.165) is 12.8 Å². The minimum atomic E-state index is -0.827. The largest absolute Gasteiger partial charge is 0.331 e. The molecule has 0 bridgehead atoms. The van der Waals surface area contributed by atoms with Crippen molar-refractivity contribution in [3.8, 4) is 0 Å². The highest BCUT2D eigenvalue weighted by Gasteiger charge is 2.28. The van der Waals surface area contributed by atoms with Gasteiger partial charge in [0.15, 0.2) is 0 Å². The van der Waals surface area contributed by atoms with Crippen molar-refractivity contribution in [2.45, 2.75) is 63.4 Å². The van der Waals surface area contributed by atoms with E-state index >= 15 is 0 Å². The summed E-state index contributed by atoms with van der Waals surface area (Å²) in [5, 5.41) is 0. The van der Waals surface area contributed by atoms with Crippen LogP contribution in [0, 0.1) is 0 Å². The van der Waals surface area contributed by atoms with Crippen LogP contribution in [0.2, 0.25) is 6.04 Å². The summed E-state index contributed by atoms with van der Waals surface area (Å²) in [6, 6.07) is 1.46. The van der Waals surface area contributed by atoms with E-state index in [0.29, 0.717) is 0 Å².